The van der Waals surface area contributed by atoms with Crippen LogP contribution in [0.3, 0.4) is 0 Å². The molecule has 2 aromatic heterocycles. The topological polar surface area (TPSA) is 50.2 Å². The summed E-state index contributed by atoms with van der Waals surface area (Å²) in [6.07, 6.45) is -2.01. The van der Waals surface area contributed by atoms with Crippen molar-refractivity contribution in [2.45, 2.75) is 25.6 Å². The minimum atomic E-state index is -4.49. The molecule has 32 heavy (non-hydrogen) atoms. The Morgan fingerprint density at radius 1 is 0.938 bits per heavy atom. The molecule has 1 unspecified atom stereocenters. The van der Waals surface area contributed by atoms with Crippen LogP contribution in [0.2, 0.25) is 0 Å². The summed E-state index contributed by atoms with van der Waals surface area (Å²) >= 11 is 0. The molecule has 7 heteroatoms. The van der Waals surface area contributed by atoms with Gasteiger partial charge in [-0.1, -0.05) is 55.5 Å². The summed E-state index contributed by atoms with van der Waals surface area (Å²) < 4.78 is 40.9. The fourth-order valence-corrected chi connectivity index (χ4v) is 4.08. The summed E-state index contributed by atoms with van der Waals surface area (Å²) in [6, 6.07) is 18.6. The summed E-state index contributed by atoms with van der Waals surface area (Å²) in [7, 11) is 0. The number of halogens is 3. The van der Waals surface area contributed by atoms with Crippen LogP contribution in [0.5, 0.6) is 0 Å². The molecule has 0 amide bonds. The van der Waals surface area contributed by atoms with Gasteiger partial charge in [-0.2, -0.15) is 13.2 Å². The molecule has 1 atom stereocenters. The zero-order valence-corrected chi connectivity index (χ0v) is 17.2. The molecule has 2 aromatic carbocycles. The van der Waals surface area contributed by atoms with Crippen LogP contribution in [0.1, 0.15) is 36.1 Å². The quantitative estimate of drug-likeness (QED) is 0.395. The number of alkyl halides is 3. The minimum absolute atomic E-state index is 0.0222. The molecular weight excluding hydrogens is 413 g/mol. The third kappa shape index (κ3) is 3.49. The van der Waals surface area contributed by atoms with Crippen LogP contribution in [-0.2, 0) is 6.18 Å². The van der Waals surface area contributed by atoms with Crippen LogP contribution >= 0.6 is 0 Å². The number of aromatic nitrogens is 2. The first-order chi connectivity index (χ1) is 15.5. The second-order valence-electron chi connectivity index (χ2n) is 7.59. The number of aliphatic imine (C=N–C) groups is 1. The molecule has 4 nitrogen and oxygen atoms in total. The lowest BCUT2D eigenvalue weighted by atomic mass is 10.0. The van der Waals surface area contributed by atoms with E-state index in [2.05, 4.69) is 22.2 Å². The molecule has 0 saturated heterocycles. The first kappa shape index (κ1) is 20.2. The van der Waals surface area contributed by atoms with Gasteiger partial charge in [-0.05, 0) is 30.2 Å². The van der Waals surface area contributed by atoms with Crippen LogP contribution in [-0.4, -0.2) is 15.8 Å². The van der Waals surface area contributed by atoms with E-state index in [1.54, 1.807) is 24.4 Å². The molecule has 5 rings (SSSR count). The Bertz CT molecular complexity index is 1340. The third-order valence-corrected chi connectivity index (χ3v) is 5.58. The normalized spacial score (nSPS) is 15.5. The van der Waals surface area contributed by atoms with Crippen molar-refractivity contribution < 1.29 is 13.2 Å². The number of nitrogens with one attached hydrogen (secondary N) is 1. The van der Waals surface area contributed by atoms with Gasteiger partial charge in [0.1, 0.15) is 11.4 Å². The molecule has 1 N–H and O–H groups in total. The van der Waals surface area contributed by atoms with Crippen molar-refractivity contribution in [1.29, 1.82) is 0 Å². The van der Waals surface area contributed by atoms with Gasteiger partial charge >= 0.3 is 6.18 Å². The average molecular weight is 432 g/mol. The monoisotopic (exact) mass is 432 g/mol. The van der Waals surface area contributed by atoms with E-state index in [1.807, 2.05) is 30.3 Å². The lowest BCUT2D eigenvalue weighted by molar-refractivity contribution is -0.137. The molecule has 1 aliphatic heterocycles. The number of anilines is 1. The Morgan fingerprint density at radius 3 is 2.47 bits per heavy atom. The number of benzene rings is 2. The van der Waals surface area contributed by atoms with Crippen LogP contribution in [0.25, 0.3) is 22.2 Å². The van der Waals surface area contributed by atoms with Gasteiger partial charge in [0.2, 0.25) is 0 Å². The van der Waals surface area contributed by atoms with E-state index in [4.69, 9.17) is 4.99 Å². The highest BCUT2D eigenvalue weighted by molar-refractivity contribution is 6.13. The maximum atomic E-state index is 13.6. The van der Waals surface area contributed by atoms with Crippen LogP contribution in [0.4, 0.5) is 19.0 Å². The summed E-state index contributed by atoms with van der Waals surface area (Å²) in [6.45, 7) is 2.07. The first-order valence-corrected chi connectivity index (χ1v) is 10.3. The van der Waals surface area contributed by atoms with Crippen molar-refractivity contribution in [3.63, 3.8) is 0 Å². The smallest absolute Gasteiger partial charge is 0.323 e. The van der Waals surface area contributed by atoms with Gasteiger partial charge in [0.25, 0.3) is 0 Å². The Hall–Kier alpha value is -3.74. The Labute approximate surface area is 182 Å². The van der Waals surface area contributed by atoms with Gasteiger partial charge in [-0.15, -0.1) is 0 Å². The molecule has 3 heterocycles. The number of amidine groups is 1. The summed E-state index contributed by atoms with van der Waals surface area (Å²) in [5, 5.41) is 3.96. The molecular formula is C25H19F3N4. The standard InChI is InChI=1S/C25H19F3N4/c1-2-20-16-9-3-4-10-17(16)23(30-20)32-24-22-15(8-7-13-29-22)14-21(31-24)18-11-5-6-12-19(18)25(26,27)28/h3-14,20H,2H2,1H3,(H,30,31,32). The predicted molar refractivity (Wildman–Crippen MR) is 120 cm³/mol. The van der Waals surface area contributed by atoms with E-state index in [0.29, 0.717) is 22.6 Å². The highest BCUT2D eigenvalue weighted by Crippen LogP contribution is 2.38. The summed E-state index contributed by atoms with van der Waals surface area (Å²) in [5.41, 5.74) is 2.17. The second-order valence-corrected chi connectivity index (χ2v) is 7.59. The maximum Gasteiger partial charge on any atom is 0.417 e. The van der Waals surface area contributed by atoms with Gasteiger partial charge in [-0.3, -0.25) is 9.98 Å². The van der Waals surface area contributed by atoms with Gasteiger partial charge in [0.15, 0.2) is 5.82 Å². The van der Waals surface area contributed by atoms with Crippen molar-refractivity contribution >= 4 is 22.6 Å². The predicted octanol–water partition coefficient (Wildman–Crippen LogP) is 6.64. The number of rotatable bonds is 3. The lowest BCUT2D eigenvalue weighted by Gasteiger charge is -2.15. The van der Waals surface area contributed by atoms with Crippen LogP contribution in [0, 0.1) is 0 Å². The van der Waals surface area contributed by atoms with Crippen molar-refractivity contribution in [3.05, 3.63) is 89.6 Å². The molecule has 0 radical (unpaired) electrons. The first-order valence-electron chi connectivity index (χ1n) is 10.3. The molecule has 160 valence electrons. The van der Waals surface area contributed by atoms with Gasteiger partial charge < -0.3 is 5.32 Å². The van der Waals surface area contributed by atoms with E-state index >= 15 is 0 Å². The molecule has 0 spiro atoms. The molecule has 0 aliphatic carbocycles. The SMILES string of the molecule is CCC1N=C(Nc2nc(-c3ccccc3C(F)(F)F)cc3cccnc23)c2ccccc21. The molecule has 1 aliphatic rings. The third-order valence-electron chi connectivity index (χ3n) is 5.58. The van der Waals surface area contributed by atoms with Crippen molar-refractivity contribution in [3.8, 4) is 11.3 Å². The maximum absolute atomic E-state index is 13.6. The summed E-state index contributed by atoms with van der Waals surface area (Å²) in [5.74, 6) is 1.02. The van der Waals surface area contributed by atoms with E-state index in [1.165, 1.54) is 12.1 Å². The van der Waals surface area contributed by atoms with E-state index < -0.39 is 11.7 Å². The zero-order chi connectivity index (χ0) is 22.3. The Kier molecular flexibility index (Phi) is 4.89. The zero-order valence-electron chi connectivity index (χ0n) is 17.2. The number of hydrogen-bond acceptors (Lipinski definition) is 4. The number of hydrogen-bond donors (Lipinski definition) is 1. The molecule has 0 bridgehead atoms. The van der Waals surface area contributed by atoms with Gasteiger partial charge in [0, 0.05) is 22.7 Å². The highest BCUT2D eigenvalue weighted by atomic mass is 19.4. The lowest BCUT2D eigenvalue weighted by Crippen LogP contribution is -2.14. The molecule has 0 fully saturated rings. The molecule has 0 saturated carbocycles. The number of nitrogens with zero attached hydrogens (tertiary/aromatic N) is 3. The van der Waals surface area contributed by atoms with E-state index in [9.17, 15) is 13.2 Å². The number of pyridine rings is 2. The van der Waals surface area contributed by atoms with Gasteiger partial charge in [0.05, 0.1) is 17.3 Å². The Balaban J connectivity index is 1.66. The van der Waals surface area contributed by atoms with E-state index in [0.717, 1.165) is 23.6 Å². The van der Waals surface area contributed by atoms with Crippen molar-refractivity contribution in [1.82, 2.24) is 9.97 Å². The number of fused-ring (bicyclic) bond motifs is 2. The van der Waals surface area contributed by atoms with Gasteiger partial charge in [-0.25, -0.2) is 4.98 Å². The van der Waals surface area contributed by atoms with E-state index in [-0.39, 0.29) is 17.3 Å². The fraction of sp³-hybridized carbons (Fsp3) is 0.160. The summed E-state index contributed by atoms with van der Waals surface area (Å²) in [4.78, 5) is 13.8. The minimum Gasteiger partial charge on any atom is -0.323 e. The van der Waals surface area contributed by atoms with Crippen LogP contribution < -0.4 is 5.32 Å². The average Bonchev–Trinajstić information content (AvgIpc) is 3.16. The van der Waals surface area contributed by atoms with Crippen LogP contribution in [0.15, 0.2) is 77.9 Å². The van der Waals surface area contributed by atoms with Crippen molar-refractivity contribution in [2.75, 3.05) is 5.32 Å². The Morgan fingerprint density at radius 2 is 1.69 bits per heavy atom. The second kappa shape index (κ2) is 7.75. The molecule has 4 aromatic rings. The highest BCUT2D eigenvalue weighted by Gasteiger charge is 2.34. The fourth-order valence-electron chi connectivity index (χ4n) is 4.08. The van der Waals surface area contributed by atoms with Crippen molar-refractivity contribution in [2.24, 2.45) is 4.99 Å². The largest absolute Gasteiger partial charge is 0.417 e.